The van der Waals surface area contributed by atoms with Gasteiger partial charge in [-0.3, -0.25) is 0 Å². The summed E-state index contributed by atoms with van der Waals surface area (Å²) in [6, 6.07) is 6.50. The second kappa shape index (κ2) is 5.35. The Bertz CT molecular complexity index is 497. The smallest absolute Gasteiger partial charge is 0.211 e. The van der Waals surface area contributed by atoms with Gasteiger partial charge in [0.25, 0.3) is 0 Å². The highest BCUT2D eigenvalue weighted by Crippen LogP contribution is 2.21. The van der Waals surface area contributed by atoms with Gasteiger partial charge in [-0.15, -0.1) is 10.2 Å². The van der Waals surface area contributed by atoms with Gasteiger partial charge in [0, 0.05) is 10.6 Å². The molecule has 5 nitrogen and oxygen atoms in total. The molecule has 1 aromatic rings. The topological polar surface area (TPSA) is 101 Å². The largest absolute Gasteiger partial charge is 0.369 e. The minimum absolute atomic E-state index is 0.0131. The Morgan fingerprint density at radius 3 is 2.50 bits per heavy atom. The van der Waals surface area contributed by atoms with Crippen molar-refractivity contribution in [1.82, 2.24) is 0 Å². The highest BCUT2D eigenvalue weighted by molar-refractivity contribution is 6.37. The van der Waals surface area contributed by atoms with E-state index in [0.717, 1.165) is 0 Å². The zero-order valence-corrected chi connectivity index (χ0v) is 9.50. The molecule has 82 valence electrons. The summed E-state index contributed by atoms with van der Waals surface area (Å²) in [5.74, 6) is -0.245. The van der Waals surface area contributed by atoms with Crippen molar-refractivity contribution in [2.75, 3.05) is 0 Å². The first-order valence-corrected chi connectivity index (χ1v) is 4.82. The standard InChI is InChI=1S/C9H7Cl2N5/c10-5-1-2-7(11)6(3-5)8(4-12)15-16-9(13)14/h1-3H,(H4,13,14,16). The average molecular weight is 256 g/mol. The molecule has 0 aliphatic heterocycles. The van der Waals surface area contributed by atoms with E-state index in [1.165, 1.54) is 6.07 Å². The third kappa shape index (κ3) is 3.12. The van der Waals surface area contributed by atoms with E-state index in [1.54, 1.807) is 12.1 Å². The number of nitrogens with two attached hydrogens (primary N) is 2. The Kier molecular flexibility index (Phi) is 4.11. The SMILES string of the molecule is N#CC(=NN=C(N)N)c1cc(Cl)ccc1Cl. The van der Waals surface area contributed by atoms with Crippen molar-refractivity contribution in [3.63, 3.8) is 0 Å². The van der Waals surface area contributed by atoms with Gasteiger partial charge in [0.05, 0.1) is 5.02 Å². The first kappa shape index (κ1) is 12.3. The average Bonchev–Trinajstić information content (AvgIpc) is 2.23. The van der Waals surface area contributed by atoms with E-state index in [1.807, 2.05) is 6.07 Å². The number of nitriles is 1. The van der Waals surface area contributed by atoms with Crippen LogP contribution in [0.5, 0.6) is 0 Å². The van der Waals surface area contributed by atoms with Crippen LogP contribution in [0.4, 0.5) is 0 Å². The zero-order valence-electron chi connectivity index (χ0n) is 7.98. The van der Waals surface area contributed by atoms with Crippen LogP contribution in [0.25, 0.3) is 0 Å². The Morgan fingerprint density at radius 1 is 1.25 bits per heavy atom. The summed E-state index contributed by atoms with van der Waals surface area (Å²) < 4.78 is 0. The van der Waals surface area contributed by atoms with E-state index in [0.29, 0.717) is 15.6 Å². The molecule has 0 atom stereocenters. The fraction of sp³-hybridized carbons (Fsp3) is 0. The van der Waals surface area contributed by atoms with Gasteiger partial charge in [-0.25, -0.2) is 0 Å². The lowest BCUT2D eigenvalue weighted by molar-refractivity contribution is 1.20. The van der Waals surface area contributed by atoms with Crippen LogP contribution in [0, 0.1) is 11.3 Å². The molecule has 1 rings (SSSR count). The number of benzene rings is 1. The van der Waals surface area contributed by atoms with Crippen molar-refractivity contribution >= 4 is 34.9 Å². The summed E-state index contributed by atoms with van der Waals surface area (Å²) in [5, 5.41) is 16.6. The minimum atomic E-state index is -0.245. The van der Waals surface area contributed by atoms with Crippen LogP contribution in [0.3, 0.4) is 0 Å². The Balaban J connectivity index is 3.25. The van der Waals surface area contributed by atoms with Crippen molar-refractivity contribution < 1.29 is 0 Å². The lowest BCUT2D eigenvalue weighted by atomic mass is 10.1. The molecule has 0 saturated carbocycles. The fourth-order valence-electron chi connectivity index (χ4n) is 0.923. The first-order valence-electron chi connectivity index (χ1n) is 4.06. The van der Waals surface area contributed by atoms with Gasteiger partial charge < -0.3 is 11.5 Å². The molecule has 0 spiro atoms. The van der Waals surface area contributed by atoms with Gasteiger partial charge in [0.1, 0.15) is 6.07 Å². The first-order chi connectivity index (χ1) is 7.54. The van der Waals surface area contributed by atoms with Crippen LogP contribution in [-0.2, 0) is 0 Å². The van der Waals surface area contributed by atoms with E-state index in [-0.39, 0.29) is 11.7 Å². The predicted molar refractivity (Wildman–Crippen MR) is 64.4 cm³/mol. The van der Waals surface area contributed by atoms with Crippen molar-refractivity contribution in [3.8, 4) is 6.07 Å². The quantitative estimate of drug-likeness (QED) is 0.476. The molecule has 0 aromatic heterocycles. The molecule has 0 radical (unpaired) electrons. The Hall–Kier alpha value is -1.77. The monoisotopic (exact) mass is 255 g/mol. The van der Waals surface area contributed by atoms with E-state index in [9.17, 15) is 0 Å². The molecule has 7 heteroatoms. The number of guanidine groups is 1. The van der Waals surface area contributed by atoms with Gasteiger partial charge in [0.15, 0.2) is 5.71 Å². The summed E-state index contributed by atoms with van der Waals surface area (Å²) in [5.41, 5.74) is 10.6. The molecule has 0 aliphatic rings. The summed E-state index contributed by atoms with van der Waals surface area (Å²) in [7, 11) is 0. The number of halogens is 2. The van der Waals surface area contributed by atoms with Crippen LogP contribution in [0.1, 0.15) is 5.56 Å². The van der Waals surface area contributed by atoms with Crippen LogP contribution in [0.15, 0.2) is 28.4 Å². The molecular weight excluding hydrogens is 249 g/mol. The van der Waals surface area contributed by atoms with E-state index in [4.69, 9.17) is 39.9 Å². The Labute approximate surface area is 102 Å². The third-order valence-corrected chi connectivity index (χ3v) is 2.12. The van der Waals surface area contributed by atoms with Crippen molar-refractivity contribution in [3.05, 3.63) is 33.8 Å². The normalized spacial score (nSPS) is 10.7. The van der Waals surface area contributed by atoms with Crippen molar-refractivity contribution in [2.45, 2.75) is 0 Å². The molecule has 0 bridgehead atoms. The van der Waals surface area contributed by atoms with Gasteiger partial charge in [0.2, 0.25) is 5.96 Å². The van der Waals surface area contributed by atoms with Crippen molar-refractivity contribution in [1.29, 1.82) is 5.26 Å². The fourth-order valence-corrected chi connectivity index (χ4v) is 1.30. The minimum Gasteiger partial charge on any atom is -0.369 e. The number of hydrogen-bond acceptors (Lipinski definition) is 3. The van der Waals surface area contributed by atoms with Gasteiger partial charge in [-0.1, -0.05) is 23.2 Å². The highest BCUT2D eigenvalue weighted by atomic mass is 35.5. The Morgan fingerprint density at radius 2 is 1.94 bits per heavy atom. The van der Waals surface area contributed by atoms with E-state index >= 15 is 0 Å². The summed E-state index contributed by atoms with van der Waals surface area (Å²) in [6.07, 6.45) is 0. The lowest BCUT2D eigenvalue weighted by Gasteiger charge is -2.00. The molecule has 0 aliphatic carbocycles. The molecular formula is C9H7Cl2N5. The van der Waals surface area contributed by atoms with Gasteiger partial charge in [-0.05, 0) is 18.2 Å². The summed E-state index contributed by atoms with van der Waals surface area (Å²) in [4.78, 5) is 0. The van der Waals surface area contributed by atoms with Crippen LogP contribution >= 0.6 is 23.2 Å². The summed E-state index contributed by atoms with van der Waals surface area (Å²) >= 11 is 11.7. The number of nitrogens with zero attached hydrogens (tertiary/aromatic N) is 3. The second-order valence-electron chi connectivity index (χ2n) is 2.71. The third-order valence-electron chi connectivity index (χ3n) is 1.55. The maximum absolute atomic E-state index is 8.87. The molecule has 16 heavy (non-hydrogen) atoms. The molecule has 0 amide bonds. The zero-order chi connectivity index (χ0) is 12.1. The van der Waals surface area contributed by atoms with Crippen molar-refractivity contribution in [2.24, 2.45) is 21.7 Å². The molecule has 0 saturated heterocycles. The summed E-state index contributed by atoms with van der Waals surface area (Å²) in [6.45, 7) is 0. The van der Waals surface area contributed by atoms with Crippen LogP contribution in [-0.4, -0.2) is 11.7 Å². The molecule has 0 heterocycles. The predicted octanol–water partition coefficient (Wildman–Crippen LogP) is 1.49. The number of hydrogen-bond donors (Lipinski definition) is 2. The molecule has 4 N–H and O–H groups in total. The lowest BCUT2D eigenvalue weighted by Crippen LogP contribution is -2.22. The maximum atomic E-state index is 8.87. The second-order valence-corrected chi connectivity index (χ2v) is 3.55. The molecule has 0 fully saturated rings. The van der Waals surface area contributed by atoms with Crippen LogP contribution < -0.4 is 11.5 Å². The van der Waals surface area contributed by atoms with Gasteiger partial charge in [-0.2, -0.15) is 5.26 Å². The number of rotatable bonds is 2. The highest BCUT2D eigenvalue weighted by Gasteiger charge is 2.08. The van der Waals surface area contributed by atoms with E-state index in [2.05, 4.69) is 10.2 Å². The maximum Gasteiger partial charge on any atom is 0.211 e. The molecule has 1 aromatic carbocycles. The van der Waals surface area contributed by atoms with Crippen LogP contribution in [0.2, 0.25) is 10.0 Å². The molecule has 0 unspecified atom stereocenters. The van der Waals surface area contributed by atoms with Gasteiger partial charge >= 0.3 is 0 Å². The van der Waals surface area contributed by atoms with E-state index < -0.39 is 0 Å².